The van der Waals surface area contributed by atoms with Crippen LogP contribution in [0.15, 0.2) is 42.7 Å². The summed E-state index contributed by atoms with van der Waals surface area (Å²) in [5.74, 6) is 0.171. The molecular weight excluding hydrogens is 337 g/mol. The van der Waals surface area contributed by atoms with Crippen LogP contribution in [0, 0.1) is 5.82 Å². The molecule has 1 aliphatic heterocycles. The Kier molecular flexibility index (Phi) is 4.32. The fraction of sp³-hybridized carbons (Fsp3) is 0.167. The van der Waals surface area contributed by atoms with Crippen LogP contribution in [0.2, 0.25) is 0 Å². The van der Waals surface area contributed by atoms with Crippen LogP contribution in [0.25, 0.3) is 11.4 Å². The molecule has 0 atom stereocenters. The van der Waals surface area contributed by atoms with E-state index in [-0.39, 0.29) is 5.69 Å². The van der Waals surface area contributed by atoms with Gasteiger partial charge in [0.2, 0.25) is 0 Å². The molecule has 1 aromatic heterocycles. The molecule has 4 rings (SSSR count). The minimum absolute atomic E-state index is 0.0933. The Morgan fingerprint density at radius 1 is 1.23 bits per heavy atom. The second kappa shape index (κ2) is 6.93. The van der Waals surface area contributed by atoms with E-state index in [9.17, 15) is 9.18 Å². The van der Waals surface area contributed by atoms with E-state index in [1.807, 2.05) is 6.07 Å². The highest BCUT2D eigenvalue weighted by Crippen LogP contribution is 2.24. The van der Waals surface area contributed by atoms with Gasteiger partial charge in [0.1, 0.15) is 24.5 Å². The number of nitrogens with one attached hydrogen (secondary N) is 3. The number of fused-ring (bicyclic) bond motifs is 1. The minimum atomic E-state index is -0.553. The summed E-state index contributed by atoms with van der Waals surface area (Å²) in [7, 11) is 0. The van der Waals surface area contributed by atoms with Crippen LogP contribution in [0.4, 0.5) is 10.1 Å². The summed E-state index contributed by atoms with van der Waals surface area (Å²) >= 11 is 0. The Hall–Kier alpha value is -3.26. The van der Waals surface area contributed by atoms with Crippen LogP contribution < -0.4 is 15.4 Å². The van der Waals surface area contributed by atoms with Gasteiger partial charge in [0.15, 0.2) is 5.82 Å². The summed E-state index contributed by atoms with van der Waals surface area (Å²) in [6.07, 6.45) is 1.35. The van der Waals surface area contributed by atoms with Crippen molar-refractivity contribution in [2.75, 3.05) is 18.5 Å². The molecule has 2 heterocycles. The molecule has 3 N–H and O–H groups in total. The normalized spacial score (nSPS) is 13.4. The van der Waals surface area contributed by atoms with E-state index < -0.39 is 11.7 Å². The highest BCUT2D eigenvalue weighted by Gasteiger charge is 2.15. The first-order valence-electron chi connectivity index (χ1n) is 8.14. The van der Waals surface area contributed by atoms with Gasteiger partial charge < -0.3 is 15.4 Å². The van der Waals surface area contributed by atoms with Gasteiger partial charge in [-0.3, -0.25) is 9.89 Å². The molecule has 7 nitrogen and oxygen atoms in total. The van der Waals surface area contributed by atoms with E-state index in [0.29, 0.717) is 35.9 Å². The number of anilines is 1. The standard InChI is InChI=1S/C18H16FN5O2/c19-14-7-11(17-21-10-22-24-17)3-4-15(14)23-18(25)12-1-2-13-9-20-5-6-26-16(13)8-12/h1-4,7-8,10,20H,5-6,9H2,(H,23,25)(H,21,22,24). The molecule has 8 heteroatoms. The van der Waals surface area contributed by atoms with Gasteiger partial charge >= 0.3 is 0 Å². The molecule has 1 amide bonds. The van der Waals surface area contributed by atoms with Crippen LogP contribution in [0.5, 0.6) is 5.75 Å². The van der Waals surface area contributed by atoms with Gasteiger partial charge in [0.05, 0.1) is 5.69 Å². The van der Waals surface area contributed by atoms with Crippen LogP contribution in [0.3, 0.4) is 0 Å². The fourth-order valence-electron chi connectivity index (χ4n) is 2.74. The number of ether oxygens (including phenoxy) is 1. The fourth-order valence-corrected chi connectivity index (χ4v) is 2.74. The molecule has 0 radical (unpaired) electrons. The van der Waals surface area contributed by atoms with Gasteiger partial charge in [-0.15, -0.1) is 0 Å². The summed E-state index contributed by atoms with van der Waals surface area (Å²) in [5.41, 5.74) is 2.03. The number of aromatic nitrogens is 3. The van der Waals surface area contributed by atoms with Gasteiger partial charge in [-0.05, 0) is 30.3 Å². The Morgan fingerprint density at radius 2 is 2.15 bits per heavy atom. The van der Waals surface area contributed by atoms with Crippen LogP contribution in [-0.4, -0.2) is 34.2 Å². The van der Waals surface area contributed by atoms with Gasteiger partial charge in [-0.25, -0.2) is 9.37 Å². The molecule has 0 spiro atoms. The quantitative estimate of drug-likeness (QED) is 0.672. The second-order valence-corrected chi connectivity index (χ2v) is 5.83. The number of H-pyrrole nitrogens is 1. The third-order valence-electron chi connectivity index (χ3n) is 4.09. The number of halogens is 1. The highest BCUT2D eigenvalue weighted by molar-refractivity contribution is 6.04. The minimum Gasteiger partial charge on any atom is -0.492 e. The van der Waals surface area contributed by atoms with Crippen molar-refractivity contribution in [2.45, 2.75) is 6.54 Å². The third-order valence-corrected chi connectivity index (χ3v) is 4.09. The number of carbonyl (C=O) groups excluding carboxylic acids is 1. The summed E-state index contributed by atoms with van der Waals surface area (Å²) in [6, 6.07) is 9.66. The number of nitrogens with zero attached hydrogens (tertiary/aromatic N) is 2. The summed E-state index contributed by atoms with van der Waals surface area (Å²) in [5, 5.41) is 12.2. The topological polar surface area (TPSA) is 91.9 Å². The lowest BCUT2D eigenvalue weighted by molar-refractivity contribution is 0.102. The number of amides is 1. The van der Waals surface area contributed by atoms with Crippen molar-refractivity contribution in [3.8, 4) is 17.1 Å². The number of carbonyl (C=O) groups is 1. The first-order valence-corrected chi connectivity index (χ1v) is 8.14. The maximum atomic E-state index is 14.3. The summed E-state index contributed by atoms with van der Waals surface area (Å²) in [6.45, 7) is 1.98. The summed E-state index contributed by atoms with van der Waals surface area (Å²) < 4.78 is 20.0. The molecule has 0 saturated heterocycles. The number of rotatable bonds is 3. The zero-order chi connectivity index (χ0) is 17.9. The zero-order valence-electron chi connectivity index (χ0n) is 13.8. The number of hydrogen-bond acceptors (Lipinski definition) is 5. The molecule has 0 bridgehead atoms. The Morgan fingerprint density at radius 3 is 2.96 bits per heavy atom. The Balaban J connectivity index is 1.54. The van der Waals surface area contributed by atoms with Crippen molar-refractivity contribution in [1.82, 2.24) is 20.5 Å². The molecular formula is C18H16FN5O2. The lowest BCUT2D eigenvalue weighted by Crippen LogP contribution is -2.16. The summed E-state index contributed by atoms with van der Waals surface area (Å²) in [4.78, 5) is 16.4. The predicted molar refractivity (Wildman–Crippen MR) is 93.4 cm³/mol. The average molecular weight is 353 g/mol. The van der Waals surface area contributed by atoms with Crippen molar-refractivity contribution in [3.05, 3.63) is 59.7 Å². The van der Waals surface area contributed by atoms with Crippen molar-refractivity contribution >= 4 is 11.6 Å². The molecule has 132 valence electrons. The van der Waals surface area contributed by atoms with Crippen LogP contribution >= 0.6 is 0 Å². The Bertz CT molecular complexity index is 943. The zero-order valence-corrected chi connectivity index (χ0v) is 13.8. The molecule has 0 saturated carbocycles. The van der Waals surface area contributed by atoms with Gasteiger partial charge in [-0.1, -0.05) is 6.07 Å². The van der Waals surface area contributed by atoms with E-state index in [0.717, 1.165) is 12.1 Å². The largest absolute Gasteiger partial charge is 0.492 e. The molecule has 0 fully saturated rings. The lowest BCUT2D eigenvalue weighted by atomic mass is 10.1. The van der Waals surface area contributed by atoms with E-state index >= 15 is 0 Å². The molecule has 3 aromatic rings. The van der Waals surface area contributed by atoms with E-state index in [4.69, 9.17) is 4.74 Å². The molecule has 0 unspecified atom stereocenters. The van der Waals surface area contributed by atoms with Gasteiger partial charge in [0, 0.05) is 29.8 Å². The van der Waals surface area contributed by atoms with Crippen molar-refractivity contribution in [1.29, 1.82) is 0 Å². The smallest absolute Gasteiger partial charge is 0.255 e. The molecule has 2 aromatic carbocycles. The Labute approximate surface area is 148 Å². The SMILES string of the molecule is O=C(Nc1ccc(-c2ncn[nH]2)cc1F)c1ccc2c(c1)OCCNC2. The number of benzene rings is 2. The van der Waals surface area contributed by atoms with Crippen LogP contribution in [0.1, 0.15) is 15.9 Å². The molecule has 0 aliphatic carbocycles. The van der Waals surface area contributed by atoms with E-state index in [1.54, 1.807) is 18.2 Å². The lowest BCUT2D eigenvalue weighted by Gasteiger charge is -2.10. The predicted octanol–water partition coefficient (Wildman–Crippen LogP) is 2.35. The van der Waals surface area contributed by atoms with Gasteiger partial charge in [0.25, 0.3) is 5.91 Å². The monoisotopic (exact) mass is 353 g/mol. The van der Waals surface area contributed by atoms with Crippen molar-refractivity contribution in [2.24, 2.45) is 0 Å². The third kappa shape index (κ3) is 3.27. The van der Waals surface area contributed by atoms with Crippen molar-refractivity contribution < 1.29 is 13.9 Å². The van der Waals surface area contributed by atoms with Gasteiger partial charge in [-0.2, -0.15) is 5.10 Å². The number of hydrogen-bond donors (Lipinski definition) is 3. The van der Waals surface area contributed by atoms with E-state index in [2.05, 4.69) is 25.8 Å². The molecule has 1 aliphatic rings. The molecule has 26 heavy (non-hydrogen) atoms. The maximum absolute atomic E-state index is 14.3. The highest BCUT2D eigenvalue weighted by atomic mass is 19.1. The first-order chi connectivity index (χ1) is 12.7. The maximum Gasteiger partial charge on any atom is 0.255 e. The first kappa shape index (κ1) is 16.2. The number of aromatic amines is 1. The van der Waals surface area contributed by atoms with Crippen molar-refractivity contribution in [3.63, 3.8) is 0 Å². The van der Waals surface area contributed by atoms with Crippen LogP contribution in [-0.2, 0) is 6.54 Å². The van der Waals surface area contributed by atoms with E-state index in [1.165, 1.54) is 18.5 Å². The second-order valence-electron chi connectivity index (χ2n) is 5.83. The average Bonchev–Trinajstić information content (AvgIpc) is 3.08.